The average Bonchev–Trinajstić information content (AvgIpc) is 2.46. The van der Waals surface area contributed by atoms with Crippen molar-refractivity contribution in [2.45, 2.75) is 40.2 Å². The minimum Gasteiger partial charge on any atom is -0.316 e. The number of benzene rings is 1. The molecule has 0 amide bonds. The standard InChI is InChI=1S/C17H29ClN2/c1-5-17(6-2,13-19-7-3)14-20(4)12-15-8-10-16(18)11-9-15/h8-11,19H,5-7,12-14H2,1-4H3. The Hall–Kier alpha value is -0.570. The van der Waals surface area contributed by atoms with Crippen molar-refractivity contribution in [1.29, 1.82) is 0 Å². The van der Waals surface area contributed by atoms with E-state index in [4.69, 9.17) is 11.6 Å². The number of nitrogens with one attached hydrogen (secondary N) is 1. The van der Waals surface area contributed by atoms with Gasteiger partial charge < -0.3 is 10.2 Å². The summed E-state index contributed by atoms with van der Waals surface area (Å²) in [5, 5.41) is 4.33. The molecule has 114 valence electrons. The molecule has 0 bridgehead atoms. The zero-order valence-corrected chi connectivity index (χ0v) is 14.1. The summed E-state index contributed by atoms with van der Waals surface area (Å²) in [6.07, 6.45) is 2.42. The maximum atomic E-state index is 5.93. The largest absolute Gasteiger partial charge is 0.316 e. The van der Waals surface area contributed by atoms with E-state index in [-0.39, 0.29) is 0 Å². The van der Waals surface area contributed by atoms with Gasteiger partial charge in [-0.15, -0.1) is 0 Å². The van der Waals surface area contributed by atoms with Crippen LogP contribution in [-0.2, 0) is 6.54 Å². The van der Waals surface area contributed by atoms with Gasteiger partial charge in [-0.1, -0.05) is 44.5 Å². The highest BCUT2D eigenvalue weighted by atomic mass is 35.5. The van der Waals surface area contributed by atoms with E-state index in [1.807, 2.05) is 12.1 Å². The molecule has 3 heteroatoms. The van der Waals surface area contributed by atoms with Gasteiger partial charge in [0, 0.05) is 24.7 Å². The Morgan fingerprint density at radius 2 is 1.70 bits per heavy atom. The van der Waals surface area contributed by atoms with Gasteiger partial charge in [0.05, 0.1) is 0 Å². The molecule has 1 rings (SSSR count). The van der Waals surface area contributed by atoms with Gasteiger partial charge in [0.25, 0.3) is 0 Å². The van der Waals surface area contributed by atoms with Crippen LogP contribution in [0.2, 0.25) is 5.02 Å². The molecule has 0 atom stereocenters. The van der Waals surface area contributed by atoms with Crippen LogP contribution in [0.25, 0.3) is 0 Å². The molecule has 0 aliphatic carbocycles. The molecule has 0 heterocycles. The van der Waals surface area contributed by atoms with E-state index in [1.54, 1.807) is 0 Å². The molecule has 20 heavy (non-hydrogen) atoms. The lowest BCUT2D eigenvalue weighted by Crippen LogP contribution is -2.42. The topological polar surface area (TPSA) is 15.3 Å². The first-order valence-corrected chi connectivity index (χ1v) is 8.06. The summed E-state index contributed by atoms with van der Waals surface area (Å²) < 4.78 is 0. The van der Waals surface area contributed by atoms with Crippen LogP contribution in [0.4, 0.5) is 0 Å². The summed E-state index contributed by atoms with van der Waals surface area (Å²) in [5.41, 5.74) is 1.69. The fourth-order valence-electron chi connectivity index (χ4n) is 2.70. The number of nitrogens with zero attached hydrogens (tertiary/aromatic N) is 1. The first-order chi connectivity index (χ1) is 9.55. The van der Waals surface area contributed by atoms with Crippen LogP contribution in [0.15, 0.2) is 24.3 Å². The fraction of sp³-hybridized carbons (Fsp3) is 0.647. The Kier molecular flexibility index (Phi) is 7.57. The van der Waals surface area contributed by atoms with Crippen LogP contribution in [0, 0.1) is 5.41 Å². The normalized spacial score (nSPS) is 12.1. The van der Waals surface area contributed by atoms with Gasteiger partial charge in [0.1, 0.15) is 0 Å². The zero-order valence-electron chi connectivity index (χ0n) is 13.4. The molecule has 0 aromatic heterocycles. The summed E-state index contributed by atoms with van der Waals surface area (Å²) in [7, 11) is 2.21. The Morgan fingerprint density at radius 1 is 1.10 bits per heavy atom. The van der Waals surface area contributed by atoms with Crippen molar-refractivity contribution in [2.24, 2.45) is 5.41 Å². The van der Waals surface area contributed by atoms with E-state index < -0.39 is 0 Å². The lowest BCUT2D eigenvalue weighted by molar-refractivity contribution is 0.151. The molecule has 0 aliphatic rings. The first kappa shape index (κ1) is 17.5. The molecule has 0 spiro atoms. The number of hydrogen-bond donors (Lipinski definition) is 1. The molecule has 2 nitrogen and oxygen atoms in total. The summed E-state index contributed by atoms with van der Waals surface area (Å²) in [4.78, 5) is 2.42. The maximum Gasteiger partial charge on any atom is 0.0406 e. The average molecular weight is 297 g/mol. The zero-order chi connectivity index (χ0) is 15.0. The molecule has 1 N–H and O–H groups in total. The smallest absolute Gasteiger partial charge is 0.0406 e. The predicted molar refractivity (Wildman–Crippen MR) is 89.3 cm³/mol. The van der Waals surface area contributed by atoms with Crippen molar-refractivity contribution in [2.75, 3.05) is 26.7 Å². The van der Waals surface area contributed by atoms with Crippen LogP contribution in [-0.4, -0.2) is 31.6 Å². The SMILES string of the molecule is CCNCC(CC)(CC)CN(C)Cc1ccc(Cl)cc1. The second kappa shape index (κ2) is 8.66. The Bertz CT molecular complexity index is 371. The maximum absolute atomic E-state index is 5.93. The van der Waals surface area contributed by atoms with Gasteiger partial charge in [-0.3, -0.25) is 0 Å². The van der Waals surface area contributed by atoms with Crippen molar-refractivity contribution in [3.05, 3.63) is 34.9 Å². The molecule has 0 fully saturated rings. The van der Waals surface area contributed by atoms with Gasteiger partial charge in [-0.05, 0) is 49.5 Å². The highest BCUT2D eigenvalue weighted by Crippen LogP contribution is 2.27. The summed E-state index contributed by atoms with van der Waals surface area (Å²) in [6, 6.07) is 8.16. The van der Waals surface area contributed by atoms with Crippen LogP contribution in [0.3, 0.4) is 0 Å². The van der Waals surface area contributed by atoms with Crippen molar-refractivity contribution < 1.29 is 0 Å². The Morgan fingerprint density at radius 3 is 2.20 bits per heavy atom. The van der Waals surface area contributed by atoms with Gasteiger partial charge in [0.15, 0.2) is 0 Å². The lowest BCUT2D eigenvalue weighted by atomic mass is 9.81. The molecule has 0 radical (unpaired) electrons. The third-order valence-corrected chi connectivity index (χ3v) is 4.47. The van der Waals surface area contributed by atoms with Crippen LogP contribution in [0.5, 0.6) is 0 Å². The molecule has 0 aliphatic heterocycles. The van der Waals surface area contributed by atoms with Crippen molar-refractivity contribution in [3.63, 3.8) is 0 Å². The van der Waals surface area contributed by atoms with Gasteiger partial charge in [0.2, 0.25) is 0 Å². The van der Waals surface area contributed by atoms with Crippen LogP contribution >= 0.6 is 11.6 Å². The molecular formula is C17H29ClN2. The second-order valence-corrected chi connectivity index (χ2v) is 6.22. The third-order valence-electron chi connectivity index (χ3n) is 4.22. The van der Waals surface area contributed by atoms with Crippen molar-refractivity contribution >= 4 is 11.6 Å². The van der Waals surface area contributed by atoms with Gasteiger partial charge in [-0.2, -0.15) is 0 Å². The van der Waals surface area contributed by atoms with E-state index in [0.717, 1.165) is 31.2 Å². The van der Waals surface area contributed by atoms with E-state index >= 15 is 0 Å². The third kappa shape index (κ3) is 5.43. The highest BCUT2D eigenvalue weighted by Gasteiger charge is 2.27. The first-order valence-electron chi connectivity index (χ1n) is 7.69. The van der Waals surface area contributed by atoms with E-state index in [9.17, 15) is 0 Å². The molecule has 1 aromatic rings. The monoisotopic (exact) mass is 296 g/mol. The molecular weight excluding hydrogens is 268 g/mol. The van der Waals surface area contributed by atoms with Gasteiger partial charge in [-0.25, -0.2) is 0 Å². The van der Waals surface area contributed by atoms with Crippen molar-refractivity contribution in [1.82, 2.24) is 10.2 Å². The Labute approximate surface area is 129 Å². The molecule has 0 saturated carbocycles. The summed E-state index contributed by atoms with van der Waals surface area (Å²) >= 11 is 5.93. The number of hydrogen-bond acceptors (Lipinski definition) is 2. The summed E-state index contributed by atoms with van der Waals surface area (Å²) in [5.74, 6) is 0. The highest BCUT2D eigenvalue weighted by molar-refractivity contribution is 6.30. The van der Waals surface area contributed by atoms with Crippen LogP contribution < -0.4 is 5.32 Å². The van der Waals surface area contributed by atoms with Crippen LogP contribution in [0.1, 0.15) is 39.2 Å². The molecule has 0 unspecified atom stereocenters. The van der Waals surface area contributed by atoms with E-state index in [1.165, 1.54) is 18.4 Å². The quantitative estimate of drug-likeness (QED) is 0.735. The Balaban J connectivity index is 2.61. The fourth-order valence-corrected chi connectivity index (χ4v) is 2.83. The van der Waals surface area contributed by atoms with E-state index in [2.05, 4.69) is 50.2 Å². The number of halogens is 1. The van der Waals surface area contributed by atoms with Gasteiger partial charge >= 0.3 is 0 Å². The number of rotatable bonds is 9. The lowest BCUT2D eigenvalue weighted by Gasteiger charge is -2.36. The summed E-state index contributed by atoms with van der Waals surface area (Å²) in [6.45, 7) is 11.0. The van der Waals surface area contributed by atoms with Crippen molar-refractivity contribution in [3.8, 4) is 0 Å². The van der Waals surface area contributed by atoms with E-state index in [0.29, 0.717) is 5.41 Å². The second-order valence-electron chi connectivity index (χ2n) is 5.79. The minimum absolute atomic E-state index is 0.372. The molecule has 1 aromatic carbocycles. The molecule has 0 saturated heterocycles. The minimum atomic E-state index is 0.372. The predicted octanol–water partition coefficient (Wildman–Crippen LogP) is 4.19.